The van der Waals surface area contributed by atoms with E-state index in [0.29, 0.717) is 0 Å². The maximum atomic E-state index is 4.13. The zero-order valence-corrected chi connectivity index (χ0v) is 10.8. The third-order valence-corrected chi connectivity index (χ3v) is 4.28. The van der Waals surface area contributed by atoms with Crippen LogP contribution >= 0.6 is 0 Å². The van der Waals surface area contributed by atoms with Crippen LogP contribution in [0.5, 0.6) is 0 Å². The summed E-state index contributed by atoms with van der Waals surface area (Å²) in [6.45, 7) is 0. The van der Waals surface area contributed by atoms with Crippen molar-refractivity contribution < 1.29 is 0 Å². The molecule has 94 valence electrons. The van der Waals surface area contributed by atoms with Crippen molar-refractivity contribution in [3.05, 3.63) is 54.2 Å². The molecule has 1 fully saturated rings. The van der Waals surface area contributed by atoms with Crippen LogP contribution in [0.1, 0.15) is 30.7 Å². The van der Waals surface area contributed by atoms with Gasteiger partial charge < -0.3 is 0 Å². The molecule has 0 spiro atoms. The Morgan fingerprint density at radius 2 is 1.84 bits per heavy atom. The number of nitrogens with one attached hydrogen (secondary N) is 1. The summed E-state index contributed by atoms with van der Waals surface area (Å²) in [5.41, 5.74) is 5.12. The lowest BCUT2D eigenvalue weighted by Crippen LogP contribution is -2.08. The number of aromatic amines is 1. The first kappa shape index (κ1) is 10.8. The molecule has 0 unspecified atom stereocenters. The maximum Gasteiger partial charge on any atom is 0.0656 e. The second-order valence-corrected chi connectivity index (χ2v) is 5.39. The highest BCUT2D eigenvalue weighted by molar-refractivity contribution is 5.94. The van der Waals surface area contributed by atoms with E-state index in [1.807, 2.05) is 6.20 Å². The Kier molecular flexibility index (Phi) is 2.41. The molecule has 1 saturated carbocycles. The lowest BCUT2D eigenvalue weighted by atomic mass is 9.80. The fraction of sp³-hybridized carbons (Fsp3) is 0.235. The largest absolute Gasteiger partial charge is 0.278 e. The van der Waals surface area contributed by atoms with Crippen LogP contribution in [0.2, 0.25) is 0 Å². The van der Waals surface area contributed by atoms with Crippen molar-refractivity contribution >= 4 is 10.9 Å². The van der Waals surface area contributed by atoms with Gasteiger partial charge in [0.25, 0.3) is 0 Å². The predicted octanol–water partition coefficient (Wildman–Crippen LogP) is 4.50. The van der Waals surface area contributed by atoms with E-state index in [2.05, 4.69) is 52.7 Å². The topological polar surface area (TPSA) is 28.7 Å². The number of aromatic nitrogens is 2. The molecule has 19 heavy (non-hydrogen) atoms. The van der Waals surface area contributed by atoms with Crippen LogP contribution in [0.25, 0.3) is 22.0 Å². The van der Waals surface area contributed by atoms with Gasteiger partial charge in [-0.3, -0.25) is 5.10 Å². The van der Waals surface area contributed by atoms with Crippen molar-refractivity contribution in [1.29, 1.82) is 0 Å². The molecule has 0 amide bonds. The fourth-order valence-corrected chi connectivity index (χ4v) is 2.90. The maximum absolute atomic E-state index is 4.13. The monoisotopic (exact) mass is 248 g/mol. The van der Waals surface area contributed by atoms with Crippen molar-refractivity contribution in [3.63, 3.8) is 0 Å². The standard InChI is InChI=1S/C17H16N2/c1-3-12(4-1)13-7-9-14(10-8-13)15-5-2-6-17-16(15)11-18-19-17/h2,5-12H,1,3-4H2,(H,18,19). The van der Waals surface area contributed by atoms with E-state index in [4.69, 9.17) is 0 Å². The van der Waals surface area contributed by atoms with Crippen molar-refractivity contribution in [2.75, 3.05) is 0 Å². The van der Waals surface area contributed by atoms with Crippen molar-refractivity contribution in [2.24, 2.45) is 0 Å². The highest BCUT2D eigenvalue weighted by atomic mass is 15.1. The van der Waals surface area contributed by atoms with Crippen molar-refractivity contribution in [1.82, 2.24) is 10.2 Å². The predicted molar refractivity (Wildman–Crippen MR) is 78.1 cm³/mol. The van der Waals surface area contributed by atoms with Crippen LogP contribution in [0.3, 0.4) is 0 Å². The summed E-state index contributed by atoms with van der Waals surface area (Å²) in [6, 6.07) is 15.4. The summed E-state index contributed by atoms with van der Waals surface area (Å²) in [4.78, 5) is 0. The van der Waals surface area contributed by atoms with Gasteiger partial charge in [0.15, 0.2) is 0 Å². The Balaban J connectivity index is 1.77. The smallest absolute Gasteiger partial charge is 0.0656 e. The normalized spacial score (nSPS) is 15.6. The summed E-state index contributed by atoms with van der Waals surface area (Å²) in [5, 5.41) is 8.35. The molecule has 4 rings (SSSR count). The number of rotatable bonds is 2. The number of hydrogen-bond donors (Lipinski definition) is 1. The molecule has 2 heteroatoms. The van der Waals surface area contributed by atoms with Gasteiger partial charge in [-0.2, -0.15) is 5.10 Å². The Labute approximate surface area is 112 Å². The summed E-state index contributed by atoms with van der Waals surface area (Å²) in [6.07, 6.45) is 6.01. The minimum atomic E-state index is 0.804. The van der Waals surface area contributed by atoms with E-state index in [9.17, 15) is 0 Å². The first-order valence-corrected chi connectivity index (χ1v) is 6.94. The number of fused-ring (bicyclic) bond motifs is 1. The SMILES string of the molecule is c1cc(-c2ccc(C3CCC3)cc2)c2cn[nH]c2c1. The molecule has 1 aliphatic carbocycles. The van der Waals surface area contributed by atoms with Crippen LogP contribution < -0.4 is 0 Å². The average molecular weight is 248 g/mol. The first-order chi connectivity index (χ1) is 9.42. The minimum absolute atomic E-state index is 0.804. The van der Waals surface area contributed by atoms with Crippen LogP contribution in [0, 0.1) is 0 Å². The summed E-state index contributed by atoms with van der Waals surface area (Å²) in [7, 11) is 0. The van der Waals surface area contributed by atoms with Gasteiger partial charge in [0.2, 0.25) is 0 Å². The Morgan fingerprint density at radius 1 is 1.00 bits per heavy atom. The first-order valence-electron chi connectivity index (χ1n) is 6.94. The minimum Gasteiger partial charge on any atom is -0.278 e. The molecule has 1 heterocycles. The van der Waals surface area contributed by atoms with Gasteiger partial charge in [0.1, 0.15) is 0 Å². The van der Waals surface area contributed by atoms with Gasteiger partial charge in [0.05, 0.1) is 11.7 Å². The number of nitrogens with zero attached hydrogens (tertiary/aromatic N) is 1. The van der Waals surface area contributed by atoms with E-state index < -0.39 is 0 Å². The molecule has 0 atom stereocenters. The number of benzene rings is 2. The molecule has 2 nitrogen and oxygen atoms in total. The highest BCUT2D eigenvalue weighted by Crippen LogP contribution is 2.37. The Bertz CT molecular complexity index is 705. The molecule has 0 aliphatic heterocycles. The molecule has 1 N–H and O–H groups in total. The number of H-pyrrole nitrogens is 1. The molecule has 3 aromatic rings. The second kappa shape index (κ2) is 4.23. The number of hydrogen-bond acceptors (Lipinski definition) is 1. The highest BCUT2D eigenvalue weighted by Gasteiger charge is 2.19. The van der Waals surface area contributed by atoms with Crippen LogP contribution in [-0.2, 0) is 0 Å². The molecule has 0 bridgehead atoms. The molecule has 2 aromatic carbocycles. The lowest BCUT2D eigenvalue weighted by molar-refractivity contribution is 0.420. The lowest BCUT2D eigenvalue weighted by Gasteiger charge is -2.25. The second-order valence-electron chi connectivity index (χ2n) is 5.39. The van der Waals surface area contributed by atoms with Crippen LogP contribution in [0.15, 0.2) is 48.7 Å². The molecule has 1 aliphatic rings. The summed E-state index contributed by atoms with van der Waals surface area (Å²) in [5.74, 6) is 0.804. The van der Waals surface area contributed by atoms with E-state index in [1.165, 1.54) is 41.3 Å². The van der Waals surface area contributed by atoms with E-state index in [-0.39, 0.29) is 0 Å². The Morgan fingerprint density at radius 3 is 2.58 bits per heavy atom. The third kappa shape index (κ3) is 1.75. The van der Waals surface area contributed by atoms with Gasteiger partial charge in [-0.25, -0.2) is 0 Å². The molecule has 1 aromatic heterocycles. The quantitative estimate of drug-likeness (QED) is 0.710. The average Bonchev–Trinajstić information content (AvgIpc) is 2.86. The van der Waals surface area contributed by atoms with Crippen molar-refractivity contribution in [3.8, 4) is 11.1 Å². The summed E-state index contributed by atoms with van der Waals surface area (Å²) < 4.78 is 0. The van der Waals surface area contributed by atoms with E-state index in [1.54, 1.807) is 0 Å². The van der Waals surface area contributed by atoms with Gasteiger partial charge in [-0.15, -0.1) is 0 Å². The zero-order chi connectivity index (χ0) is 12.7. The van der Waals surface area contributed by atoms with Crippen LogP contribution in [-0.4, -0.2) is 10.2 Å². The summed E-state index contributed by atoms with van der Waals surface area (Å²) >= 11 is 0. The van der Waals surface area contributed by atoms with Gasteiger partial charge in [-0.1, -0.05) is 42.8 Å². The fourth-order valence-electron chi connectivity index (χ4n) is 2.90. The molecule has 0 radical (unpaired) electrons. The Hall–Kier alpha value is -2.09. The van der Waals surface area contributed by atoms with Gasteiger partial charge in [0, 0.05) is 5.39 Å². The van der Waals surface area contributed by atoms with Gasteiger partial charge >= 0.3 is 0 Å². The molecular weight excluding hydrogens is 232 g/mol. The zero-order valence-electron chi connectivity index (χ0n) is 10.8. The van der Waals surface area contributed by atoms with Crippen molar-refractivity contribution in [2.45, 2.75) is 25.2 Å². The van der Waals surface area contributed by atoms with Gasteiger partial charge in [-0.05, 0) is 41.5 Å². The van der Waals surface area contributed by atoms with E-state index in [0.717, 1.165) is 11.4 Å². The molecule has 0 saturated heterocycles. The van der Waals surface area contributed by atoms with E-state index >= 15 is 0 Å². The van der Waals surface area contributed by atoms with Crippen LogP contribution in [0.4, 0.5) is 0 Å². The molecular formula is C17H16N2. The third-order valence-electron chi connectivity index (χ3n) is 4.28.